The molecule has 3 aromatic rings. The molecule has 3 rings (SSSR count). The Hall–Kier alpha value is -3.43. The van der Waals surface area contributed by atoms with Crippen molar-refractivity contribution >= 4 is 17.1 Å². The third-order valence-corrected chi connectivity index (χ3v) is 4.40. The van der Waals surface area contributed by atoms with Gasteiger partial charge in [0.15, 0.2) is 11.2 Å². The highest BCUT2D eigenvalue weighted by Crippen LogP contribution is 2.11. The molecule has 1 N–H and O–H groups in total. The normalized spacial score (nSPS) is 11.1. The lowest BCUT2D eigenvalue weighted by Gasteiger charge is -2.06. The highest BCUT2D eigenvalue weighted by molar-refractivity contribution is 5.71. The molecule has 0 radical (unpaired) electrons. The van der Waals surface area contributed by atoms with Crippen LogP contribution >= 0.6 is 0 Å². The van der Waals surface area contributed by atoms with Gasteiger partial charge in [0.25, 0.3) is 11.1 Å². The summed E-state index contributed by atoms with van der Waals surface area (Å²) in [7, 11) is 1.62. The van der Waals surface area contributed by atoms with Gasteiger partial charge in [-0.3, -0.25) is 23.9 Å². The molecule has 3 heterocycles. The van der Waals surface area contributed by atoms with Crippen LogP contribution in [0.2, 0.25) is 0 Å². The van der Waals surface area contributed by atoms with E-state index in [1.165, 1.54) is 26.0 Å². The predicted octanol–water partition coefficient (Wildman–Crippen LogP) is 0.128. The zero-order chi connectivity index (χ0) is 20.3. The maximum Gasteiger partial charge on any atom is 0.330 e. The number of carbonyl (C=O) groups is 1. The number of hydrogen-bond acceptors (Lipinski definition) is 6. The number of nitrogens with zero attached hydrogens (tertiary/aromatic N) is 4. The maximum absolute atomic E-state index is 12.2. The summed E-state index contributed by atoms with van der Waals surface area (Å²) in [5.74, 6) is -0.289. The van der Waals surface area contributed by atoms with Gasteiger partial charge in [-0.2, -0.15) is 0 Å². The number of rotatable bonds is 7. The minimum Gasteiger partial charge on any atom is -0.456 e. The molecular formula is C18H21N5O5. The molecule has 0 spiro atoms. The third kappa shape index (κ3) is 3.80. The first-order valence-corrected chi connectivity index (χ1v) is 8.92. The summed E-state index contributed by atoms with van der Waals surface area (Å²) < 4.78 is 9.34. The number of hydrogen-bond donors (Lipinski definition) is 1. The average Bonchev–Trinajstić information content (AvgIpc) is 2.98. The molecule has 0 amide bonds. The molecule has 0 saturated carbocycles. The van der Waals surface area contributed by atoms with Crippen LogP contribution in [-0.2, 0) is 36.3 Å². The van der Waals surface area contributed by atoms with Crippen LogP contribution in [0, 0.1) is 0 Å². The lowest BCUT2D eigenvalue weighted by Crippen LogP contribution is -2.31. The lowest BCUT2D eigenvalue weighted by molar-refractivity contribution is -0.146. The molecule has 0 fully saturated rings. The van der Waals surface area contributed by atoms with Gasteiger partial charge in [-0.05, 0) is 12.5 Å². The van der Waals surface area contributed by atoms with Crippen LogP contribution < -0.4 is 16.8 Å². The van der Waals surface area contributed by atoms with E-state index >= 15 is 0 Å². The first-order valence-electron chi connectivity index (χ1n) is 8.92. The van der Waals surface area contributed by atoms with E-state index in [1.807, 2.05) is 6.92 Å². The zero-order valence-electron chi connectivity index (χ0n) is 15.7. The molecule has 148 valence electrons. The minimum absolute atomic E-state index is 0.187. The van der Waals surface area contributed by atoms with Crippen molar-refractivity contribution in [1.29, 1.82) is 0 Å². The minimum atomic E-state index is -0.613. The highest BCUT2D eigenvalue weighted by atomic mass is 16.5. The zero-order valence-corrected chi connectivity index (χ0v) is 15.7. The number of carbonyl (C=O) groups excluding carboxylic acids is 1. The van der Waals surface area contributed by atoms with Crippen molar-refractivity contribution in [2.75, 3.05) is 0 Å². The van der Waals surface area contributed by atoms with Gasteiger partial charge in [0.2, 0.25) is 0 Å². The van der Waals surface area contributed by atoms with E-state index in [9.17, 15) is 19.2 Å². The Morgan fingerprint density at radius 1 is 1.25 bits per heavy atom. The SMILES string of the molecule is CCCCn1c(=O)[nH]c(=O)c2c1nc(COC(=O)Cn1ccccc1=O)n2C. The fraction of sp³-hybridized carbons (Fsp3) is 0.389. The number of aromatic amines is 1. The summed E-state index contributed by atoms with van der Waals surface area (Å²) in [6.07, 6.45) is 3.13. The smallest absolute Gasteiger partial charge is 0.330 e. The van der Waals surface area contributed by atoms with Gasteiger partial charge in [-0.1, -0.05) is 19.4 Å². The van der Waals surface area contributed by atoms with Crippen molar-refractivity contribution in [3.63, 3.8) is 0 Å². The quantitative estimate of drug-likeness (QED) is 0.575. The summed E-state index contributed by atoms with van der Waals surface area (Å²) in [5.41, 5.74) is -0.878. The number of pyridine rings is 1. The van der Waals surface area contributed by atoms with Crippen molar-refractivity contribution in [2.45, 2.75) is 39.5 Å². The maximum atomic E-state index is 12.2. The van der Waals surface area contributed by atoms with Crippen LogP contribution in [0.5, 0.6) is 0 Å². The summed E-state index contributed by atoms with van der Waals surface area (Å²) in [5, 5.41) is 0. The topological polar surface area (TPSA) is 121 Å². The molecule has 0 bridgehead atoms. The van der Waals surface area contributed by atoms with Crippen LogP contribution in [0.1, 0.15) is 25.6 Å². The van der Waals surface area contributed by atoms with Crippen LogP contribution in [0.4, 0.5) is 0 Å². The second-order valence-electron chi connectivity index (χ2n) is 6.35. The Kier molecular flexibility index (Phi) is 5.57. The second kappa shape index (κ2) is 8.07. The molecule has 10 nitrogen and oxygen atoms in total. The van der Waals surface area contributed by atoms with Gasteiger partial charge in [0, 0.05) is 25.9 Å². The molecule has 28 heavy (non-hydrogen) atoms. The van der Waals surface area contributed by atoms with Crippen LogP contribution in [0.25, 0.3) is 11.2 Å². The van der Waals surface area contributed by atoms with Crippen molar-refractivity contribution in [3.8, 4) is 0 Å². The second-order valence-corrected chi connectivity index (χ2v) is 6.35. The fourth-order valence-electron chi connectivity index (χ4n) is 2.87. The van der Waals surface area contributed by atoms with E-state index in [-0.39, 0.29) is 29.9 Å². The first-order chi connectivity index (χ1) is 13.4. The van der Waals surface area contributed by atoms with Crippen molar-refractivity contribution in [1.82, 2.24) is 23.7 Å². The first kappa shape index (κ1) is 19.3. The molecule has 0 atom stereocenters. The monoisotopic (exact) mass is 387 g/mol. The molecule has 0 saturated heterocycles. The summed E-state index contributed by atoms with van der Waals surface area (Å²) in [6, 6.07) is 4.57. The van der Waals surface area contributed by atoms with E-state index in [0.29, 0.717) is 12.4 Å². The highest BCUT2D eigenvalue weighted by Gasteiger charge is 2.17. The molecule has 10 heteroatoms. The van der Waals surface area contributed by atoms with Crippen LogP contribution in [0.3, 0.4) is 0 Å². The van der Waals surface area contributed by atoms with Gasteiger partial charge >= 0.3 is 11.7 Å². The van der Waals surface area contributed by atoms with Gasteiger partial charge in [-0.15, -0.1) is 0 Å². The third-order valence-electron chi connectivity index (χ3n) is 4.40. The number of esters is 1. The fourth-order valence-corrected chi connectivity index (χ4v) is 2.87. The van der Waals surface area contributed by atoms with Gasteiger partial charge in [0.1, 0.15) is 19.0 Å². The number of ether oxygens (including phenoxy) is 1. The number of aromatic nitrogens is 5. The average molecular weight is 387 g/mol. The molecule has 0 aromatic carbocycles. The van der Waals surface area contributed by atoms with E-state index in [1.54, 1.807) is 19.2 Å². The Balaban J connectivity index is 1.84. The van der Waals surface area contributed by atoms with E-state index in [0.717, 1.165) is 12.8 Å². The van der Waals surface area contributed by atoms with Gasteiger partial charge < -0.3 is 13.9 Å². The Morgan fingerprint density at radius 3 is 2.75 bits per heavy atom. The van der Waals surface area contributed by atoms with E-state index in [2.05, 4.69) is 9.97 Å². The number of H-pyrrole nitrogens is 1. The van der Waals surface area contributed by atoms with Crippen molar-refractivity contribution < 1.29 is 9.53 Å². The number of nitrogens with one attached hydrogen (secondary N) is 1. The van der Waals surface area contributed by atoms with Crippen molar-refractivity contribution in [2.24, 2.45) is 7.05 Å². The molecule has 0 aliphatic carbocycles. The number of imidazole rings is 1. The number of aryl methyl sites for hydroxylation is 2. The predicted molar refractivity (Wildman–Crippen MR) is 101 cm³/mol. The number of fused-ring (bicyclic) bond motifs is 1. The van der Waals surface area contributed by atoms with Gasteiger partial charge in [-0.25, -0.2) is 9.78 Å². The summed E-state index contributed by atoms with van der Waals surface area (Å²) in [6.45, 7) is 2.00. The molecule has 0 aliphatic rings. The molecular weight excluding hydrogens is 366 g/mol. The largest absolute Gasteiger partial charge is 0.456 e. The Bertz CT molecular complexity index is 1180. The van der Waals surface area contributed by atoms with Crippen molar-refractivity contribution in [3.05, 3.63) is 61.4 Å². The molecule has 3 aromatic heterocycles. The lowest BCUT2D eigenvalue weighted by atomic mass is 10.3. The summed E-state index contributed by atoms with van der Waals surface area (Å²) in [4.78, 5) is 54.7. The van der Waals surface area contributed by atoms with E-state index in [4.69, 9.17) is 4.74 Å². The Labute approximate surface area is 159 Å². The van der Waals surface area contributed by atoms with Crippen LogP contribution in [0.15, 0.2) is 38.8 Å². The Morgan fingerprint density at radius 2 is 2.04 bits per heavy atom. The van der Waals surface area contributed by atoms with E-state index < -0.39 is 17.2 Å². The molecule has 0 aliphatic heterocycles. The summed E-state index contributed by atoms with van der Waals surface area (Å²) >= 11 is 0. The van der Waals surface area contributed by atoms with Crippen LogP contribution in [-0.4, -0.2) is 29.6 Å². The van der Waals surface area contributed by atoms with Gasteiger partial charge in [0.05, 0.1) is 0 Å². The number of unbranched alkanes of at least 4 members (excludes halogenated alkanes) is 1. The molecule has 0 unspecified atom stereocenters. The standard InChI is InChI=1S/C18H21N5O5/c1-3-4-9-23-16-15(17(26)20-18(23)27)21(2)12(19-16)11-28-14(25)10-22-8-6-5-7-13(22)24/h5-8H,3-4,9-11H2,1-2H3,(H,20,26,27).